The van der Waals surface area contributed by atoms with Crippen molar-refractivity contribution in [2.45, 2.75) is 134 Å². The average Bonchev–Trinajstić information content (AvgIpc) is 2.94. The Balaban J connectivity index is 7.04. The van der Waals surface area contributed by atoms with Gasteiger partial charge in [0.1, 0.15) is 6.17 Å². The number of carbonyl (C=O) groups is 1. The molecule has 0 bridgehead atoms. The molecule has 0 rings (SSSR count). The Labute approximate surface area is 282 Å². The predicted molar refractivity (Wildman–Crippen MR) is 136 cm³/mol. The first-order chi connectivity index (χ1) is 22.6. The van der Waals surface area contributed by atoms with Gasteiger partial charge in [-0.2, -0.15) is 92.2 Å². The SMILES string of the molecule is CCC(C)(CC)C(CC(C)C)C(=O)OCC(C)CCC(F)C(C(F)(F)F)(C(F)(F)F)C(F)(F)C(F)(F)C(F)(F)C(F)(F)C(F)(F)C(F)(F)C(F)(F)F. The van der Waals surface area contributed by atoms with Gasteiger partial charge in [-0.1, -0.05) is 41.5 Å². The molecule has 0 amide bonds. The molecule has 2 nitrogen and oxygen atoms in total. The van der Waals surface area contributed by atoms with Gasteiger partial charge in [0.2, 0.25) is 0 Å². The summed E-state index contributed by atoms with van der Waals surface area (Å²) in [5.74, 6) is -58.2. The van der Waals surface area contributed by atoms with Crippen molar-refractivity contribution in [1.82, 2.24) is 0 Å². The lowest BCUT2D eigenvalue weighted by atomic mass is 9.69. The summed E-state index contributed by atoms with van der Waals surface area (Å²) in [5, 5.41) is 0. The maximum Gasteiger partial charge on any atom is 0.460 e. The van der Waals surface area contributed by atoms with Gasteiger partial charge in [0.25, 0.3) is 5.41 Å². The molecule has 0 radical (unpaired) electrons. The summed E-state index contributed by atoms with van der Waals surface area (Å²) < 4.78 is 308. The van der Waals surface area contributed by atoms with Gasteiger partial charge in [-0.25, -0.2) is 4.39 Å². The van der Waals surface area contributed by atoms with Crippen molar-refractivity contribution in [2.24, 2.45) is 28.6 Å². The van der Waals surface area contributed by atoms with Gasteiger partial charge in [-0.15, -0.1) is 0 Å². The lowest BCUT2D eigenvalue weighted by Gasteiger charge is -2.49. The average molecular weight is 821 g/mol. The molecule has 0 aromatic carbocycles. The van der Waals surface area contributed by atoms with E-state index in [9.17, 15) is 97.0 Å². The number of alkyl halides is 22. The minimum atomic E-state index is -9.34. The van der Waals surface area contributed by atoms with Gasteiger partial charge >= 0.3 is 60.0 Å². The number of rotatable bonds is 18. The standard InChI is InChI=1S/C28H34F22O2/c1-7-18(6,8-2)15(11-13(3)4)17(51)52-12-14(5)9-10-16(29)19(26(42,43)44,27(45,46)47)20(30,31)21(32,33)22(34,35)23(36,37)24(38,39)25(40,41)28(48,49)50/h13-16H,7-12H2,1-6H3. The summed E-state index contributed by atoms with van der Waals surface area (Å²) in [4.78, 5) is 12.8. The minimum Gasteiger partial charge on any atom is -0.465 e. The molecule has 312 valence electrons. The van der Waals surface area contributed by atoms with Crippen LogP contribution in [0.3, 0.4) is 0 Å². The van der Waals surface area contributed by atoms with Crippen molar-refractivity contribution in [2.75, 3.05) is 6.61 Å². The molecule has 0 N–H and O–H groups in total. The lowest BCUT2D eigenvalue weighted by Crippen LogP contribution is -2.78. The Morgan fingerprint density at radius 3 is 1.19 bits per heavy atom. The molecule has 0 aliphatic carbocycles. The van der Waals surface area contributed by atoms with E-state index in [0.29, 0.717) is 12.8 Å². The Morgan fingerprint density at radius 1 is 0.538 bits per heavy atom. The number of hydrogen-bond acceptors (Lipinski definition) is 2. The highest BCUT2D eigenvalue weighted by molar-refractivity contribution is 5.73. The third-order valence-corrected chi connectivity index (χ3v) is 9.06. The molecule has 3 unspecified atom stereocenters. The second kappa shape index (κ2) is 15.2. The van der Waals surface area contributed by atoms with E-state index in [1.807, 2.05) is 0 Å². The van der Waals surface area contributed by atoms with Crippen LogP contribution in [0.2, 0.25) is 0 Å². The number of carbonyl (C=O) groups excluding carboxylic acids is 1. The predicted octanol–water partition coefficient (Wildman–Crippen LogP) is 12.3. The molecule has 0 saturated carbocycles. The van der Waals surface area contributed by atoms with Crippen molar-refractivity contribution < 1.29 is 106 Å². The molecule has 3 atom stereocenters. The van der Waals surface area contributed by atoms with Crippen LogP contribution in [-0.2, 0) is 9.53 Å². The molecule has 0 saturated heterocycles. The maximum absolute atomic E-state index is 15.1. The molecule has 24 heteroatoms. The van der Waals surface area contributed by atoms with Crippen LogP contribution in [0.1, 0.15) is 73.6 Å². The molecule has 0 aromatic rings. The summed E-state index contributed by atoms with van der Waals surface area (Å²) in [5.41, 5.74) is -8.99. The van der Waals surface area contributed by atoms with Crippen molar-refractivity contribution in [3.8, 4) is 0 Å². The largest absolute Gasteiger partial charge is 0.465 e. The second-order valence-corrected chi connectivity index (χ2v) is 13.1. The quantitative estimate of drug-likeness (QED) is 0.102. The van der Waals surface area contributed by atoms with E-state index < -0.39 is 108 Å². The van der Waals surface area contributed by atoms with Gasteiger partial charge in [0, 0.05) is 0 Å². The minimum absolute atomic E-state index is 0.156. The van der Waals surface area contributed by atoms with Crippen LogP contribution >= 0.6 is 0 Å². The van der Waals surface area contributed by atoms with E-state index in [2.05, 4.69) is 0 Å². The van der Waals surface area contributed by atoms with Crippen LogP contribution in [-0.4, -0.2) is 72.8 Å². The third-order valence-electron chi connectivity index (χ3n) is 9.06. The van der Waals surface area contributed by atoms with Crippen LogP contribution in [0.5, 0.6) is 0 Å². The molecule has 0 aliphatic heterocycles. The fourth-order valence-corrected chi connectivity index (χ4v) is 5.22. The third kappa shape index (κ3) is 7.99. The summed E-state index contributed by atoms with van der Waals surface area (Å²) in [7, 11) is 0. The zero-order valence-electron chi connectivity index (χ0n) is 27.7. The summed E-state index contributed by atoms with van der Waals surface area (Å²) in [6, 6.07) is 0. The van der Waals surface area contributed by atoms with Gasteiger partial charge in [0.05, 0.1) is 12.5 Å². The number of hydrogen-bond donors (Lipinski definition) is 0. The molecular weight excluding hydrogens is 786 g/mol. The summed E-state index contributed by atoms with van der Waals surface area (Å²) in [6.45, 7) is 8.14. The fraction of sp³-hybridized carbons (Fsp3) is 0.964. The Kier molecular flexibility index (Phi) is 14.6. The first kappa shape index (κ1) is 49.9. The zero-order chi connectivity index (χ0) is 42.3. The van der Waals surface area contributed by atoms with E-state index in [4.69, 9.17) is 4.74 Å². The Bertz CT molecular complexity index is 1170. The lowest BCUT2D eigenvalue weighted by molar-refractivity contribution is -0.490. The van der Waals surface area contributed by atoms with Crippen LogP contribution in [0.25, 0.3) is 0 Å². The maximum atomic E-state index is 15.1. The molecule has 0 spiro atoms. The van der Waals surface area contributed by atoms with Crippen molar-refractivity contribution in [3.05, 3.63) is 0 Å². The first-order valence-corrected chi connectivity index (χ1v) is 14.9. The number of esters is 1. The molecule has 0 heterocycles. The van der Waals surface area contributed by atoms with Crippen LogP contribution in [0.4, 0.5) is 96.6 Å². The van der Waals surface area contributed by atoms with Crippen molar-refractivity contribution in [3.63, 3.8) is 0 Å². The highest BCUT2D eigenvalue weighted by Crippen LogP contribution is 2.70. The van der Waals surface area contributed by atoms with E-state index in [-0.39, 0.29) is 12.3 Å². The second-order valence-electron chi connectivity index (χ2n) is 13.1. The van der Waals surface area contributed by atoms with Crippen LogP contribution in [0.15, 0.2) is 0 Å². The van der Waals surface area contributed by atoms with E-state index >= 15 is 4.39 Å². The van der Waals surface area contributed by atoms with Gasteiger partial charge in [-0.05, 0) is 49.4 Å². The van der Waals surface area contributed by atoms with Crippen molar-refractivity contribution >= 4 is 5.97 Å². The first-order valence-electron chi connectivity index (χ1n) is 14.9. The summed E-state index contributed by atoms with van der Waals surface area (Å²) >= 11 is 0. The van der Waals surface area contributed by atoms with Crippen LogP contribution < -0.4 is 0 Å². The highest BCUT2D eigenvalue weighted by Gasteiger charge is 2.99. The number of ether oxygens (including phenoxy) is 1. The fourth-order valence-electron chi connectivity index (χ4n) is 5.22. The molecule has 0 aliphatic rings. The Morgan fingerprint density at radius 2 is 0.885 bits per heavy atom. The normalized spacial score (nSPS) is 17.3. The Hall–Kier alpha value is -2.07. The van der Waals surface area contributed by atoms with Gasteiger partial charge < -0.3 is 4.74 Å². The van der Waals surface area contributed by atoms with Gasteiger partial charge in [0.15, 0.2) is 0 Å². The van der Waals surface area contributed by atoms with E-state index in [0.717, 1.165) is 6.92 Å². The van der Waals surface area contributed by atoms with Crippen LogP contribution in [0, 0.1) is 28.6 Å². The topological polar surface area (TPSA) is 26.3 Å². The summed E-state index contributed by atoms with van der Waals surface area (Å²) in [6.07, 6.45) is -33.7. The zero-order valence-corrected chi connectivity index (χ0v) is 27.7. The van der Waals surface area contributed by atoms with E-state index in [1.54, 1.807) is 34.6 Å². The molecule has 0 aromatic heterocycles. The molecular formula is C28H34F22O2. The molecule has 0 fully saturated rings. The van der Waals surface area contributed by atoms with E-state index in [1.165, 1.54) is 0 Å². The number of halogens is 22. The monoisotopic (exact) mass is 820 g/mol. The molecule has 52 heavy (non-hydrogen) atoms. The van der Waals surface area contributed by atoms with Crippen molar-refractivity contribution in [1.29, 1.82) is 0 Å². The highest BCUT2D eigenvalue weighted by atomic mass is 19.4. The van der Waals surface area contributed by atoms with Gasteiger partial charge in [-0.3, -0.25) is 4.79 Å². The smallest absolute Gasteiger partial charge is 0.460 e.